The van der Waals surface area contributed by atoms with E-state index in [4.69, 9.17) is 11.6 Å². The fraction of sp³-hybridized carbons (Fsp3) is 0.333. The van der Waals surface area contributed by atoms with Crippen LogP contribution in [0.2, 0.25) is 0 Å². The quantitative estimate of drug-likeness (QED) is 0.550. The third kappa shape index (κ3) is 1.64. The van der Waals surface area contributed by atoms with Crippen LogP contribution >= 0.6 is 11.6 Å². The van der Waals surface area contributed by atoms with Crippen molar-refractivity contribution in [3.05, 3.63) is 30.1 Å². The zero-order valence-electron chi connectivity index (χ0n) is 7.35. The minimum atomic E-state index is -0.345. The normalized spacial score (nSPS) is 31.6. The van der Waals surface area contributed by atoms with Crippen LogP contribution in [0.25, 0.3) is 0 Å². The lowest BCUT2D eigenvalue weighted by molar-refractivity contribution is -0.109. The van der Waals surface area contributed by atoms with E-state index in [0.717, 1.165) is 11.8 Å². The number of carbonyl (C=O) groups excluding carboxylic acids is 1. The Bertz CT molecular complexity index is 319. The highest BCUT2D eigenvalue weighted by molar-refractivity contribution is 6.22. The molecule has 1 fully saturated rings. The molecule has 2 heterocycles. The first kappa shape index (κ1) is 9.58. The second-order valence-electron chi connectivity index (χ2n) is 3.16. The molecule has 1 aliphatic heterocycles. The third-order valence-corrected chi connectivity index (χ3v) is 2.78. The first-order valence-corrected chi connectivity index (χ1v) is 4.77. The Kier molecular flexibility index (Phi) is 2.77. The molecule has 3 atom stereocenters. The molecule has 0 amide bonds. The topological polar surface area (TPSA) is 54.0 Å². The summed E-state index contributed by atoms with van der Waals surface area (Å²) in [6.07, 6.45) is 4.25. The summed E-state index contributed by atoms with van der Waals surface area (Å²) < 4.78 is 0. The second-order valence-corrected chi connectivity index (χ2v) is 3.66. The second kappa shape index (κ2) is 4.04. The molecule has 2 N–H and O–H groups in total. The summed E-state index contributed by atoms with van der Waals surface area (Å²) in [6.45, 7) is 0. The van der Waals surface area contributed by atoms with Gasteiger partial charge in [-0.3, -0.25) is 4.98 Å². The zero-order valence-corrected chi connectivity index (χ0v) is 8.11. The minimum Gasteiger partial charge on any atom is -0.302 e. The average Bonchev–Trinajstić information content (AvgIpc) is 2.61. The number of hydrogen-bond acceptors (Lipinski definition) is 4. The van der Waals surface area contributed by atoms with Gasteiger partial charge in [0.2, 0.25) is 0 Å². The number of nitrogens with one attached hydrogen (secondary N) is 2. The van der Waals surface area contributed by atoms with E-state index in [-0.39, 0.29) is 17.5 Å². The van der Waals surface area contributed by atoms with Crippen LogP contribution in [0.4, 0.5) is 0 Å². The van der Waals surface area contributed by atoms with Crippen molar-refractivity contribution in [2.75, 3.05) is 0 Å². The summed E-state index contributed by atoms with van der Waals surface area (Å²) in [5, 5.41) is -0.281. The predicted octanol–water partition coefficient (Wildman–Crippen LogP) is 0.405. The number of halogens is 1. The number of alkyl halides is 1. The van der Waals surface area contributed by atoms with Crippen molar-refractivity contribution in [1.82, 2.24) is 15.8 Å². The molecule has 5 heteroatoms. The van der Waals surface area contributed by atoms with Crippen LogP contribution in [0.15, 0.2) is 24.5 Å². The molecule has 1 aromatic heterocycles. The maximum atomic E-state index is 10.6. The largest absolute Gasteiger partial charge is 0.302 e. The molecule has 1 saturated heterocycles. The van der Waals surface area contributed by atoms with Gasteiger partial charge < -0.3 is 4.79 Å². The molecule has 0 aliphatic carbocycles. The lowest BCUT2D eigenvalue weighted by atomic mass is 10.0. The molecule has 3 unspecified atom stereocenters. The molecule has 0 saturated carbocycles. The number of aldehydes is 1. The Morgan fingerprint density at radius 2 is 2.36 bits per heavy atom. The number of carbonyl (C=O) groups is 1. The van der Waals surface area contributed by atoms with E-state index in [0.29, 0.717) is 0 Å². The van der Waals surface area contributed by atoms with Crippen LogP contribution in [0, 0.1) is 0 Å². The fourth-order valence-electron chi connectivity index (χ4n) is 1.49. The number of nitrogens with zero attached hydrogens (tertiary/aromatic N) is 1. The predicted molar refractivity (Wildman–Crippen MR) is 52.7 cm³/mol. The number of hydrazine groups is 1. The SMILES string of the molecule is O=CC1NNC(c2cccnc2)C1Cl. The number of aromatic nitrogens is 1. The van der Waals surface area contributed by atoms with Gasteiger partial charge in [-0.15, -0.1) is 11.6 Å². The van der Waals surface area contributed by atoms with E-state index in [1.807, 2.05) is 12.1 Å². The first-order chi connectivity index (χ1) is 6.83. The van der Waals surface area contributed by atoms with Crippen molar-refractivity contribution in [3.8, 4) is 0 Å². The lowest BCUT2D eigenvalue weighted by Gasteiger charge is -2.13. The first-order valence-electron chi connectivity index (χ1n) is 4.33. The Hall–Kier alpha value is -0.970. The van der Waals surface area contributed by atoms with Gasteiger partial charge in [-0.25, -0.2) is 10.9 Å². The molecule has 0 aromatic carbocycles. The standard InChI is InChI=1S/C9H10ClN3O/c10-8-7(5-14)12-13-9(8)6-2-1-3-11-4-6/h1-5,7-9,12-13H. The van der Waals surface area contributed by atoms with Crippen LogP contribution in [0.3, 0.4) is 0 Å². The lowest BCUT2D eigenvalue weighted by Crippen LogP contribution is -2.33. The van der Waals surface area contributed by atoms with Gasteiger partial charge in [-0.2, -0.15) is 0 Å². The molecule has 2 rings (SSSR count). The van der Waals surface area contributed by atoms with E-state index in [1.165, 1.54) is 0 Å². The molecule has 0 spiro atoms. The average molecular weight is 212 g/mol. The molecular formula is C9H10ClN3O. The molecular weight excluding hydrogens is 202 g/mol. The molecule has 14 heavy (non-hydrogen) atoms. The molecule has 0 radical (unpaired) electrons. The van der Waals surface area contributed by atoms with E-state index < -0.39 is 0 Å². The molecule has 74 valence electrons. The van der Waals surface area contributed by atoms with Crippen LogP contribution in [-0.2, 0) is 4.79 Å². The van der Waals surface area contributed by atoms with Gasteiger partial charge in [-0.05, 0) is 11.6 Å². The molecule has 4 nitrogen and oxygen atoms in total. The van der Waals surface area contributed by atoms with Gasteiger partial charge >= 0.3 is 0 Å². The van der Waals surface area contributed by atoms with Crippen LogP contribution in [0.1, 0.15) is 11.6 Å². The van der Waals surface area contributed by atoms with Gasteiger partial charge in [-0.1, -0.05) is 6.07 Å². The Morgan fingerprint density at radius 1 is 1.50 bits per heavy atom. The summed E-state index contributed by atoms with van der Waals surface area (Å²) in [7, 11) is 0. The summed E-state index contributed by atoms with van der Waals surface area (Å²) >= 11 is 6.09. The number of rotatable bonds is 2. The van der Waals surface area contributed by atoms with Crippen molar-refractivity contribution in [3.63, 3.8) is 0 Å². The Balaban J connectivity index is 2.18. The maximum absolute atomic E-state index is 10.6. The third-order valence-electron chi connectivity index (χ3n) is 2.26. The fourth-order valence-corrected chi connectivity index (χ4v) is 1.82. The highest BCUT2D eigenvalue weighted by atomic mass is 35.5. The van der Waals surface area contributed by atoms with Crippen LogP contribution in [0.5, 0.6) is 0 Å². The van der Waals surface area contributed by atoms with E-state index in [9.17, 15) is 4.79 Å². The summed E-state index contributed by atoms with van der Waals surface area (Å²) in [4.78, 5) is 14.6. The van der Waals surface area contributed by atoms with Gasteiger partial charge in [0.05, 0.1) is 17.5 Å². The molecule has 0 bridgehead atoms. The van der Waals surface area contributed by atoms with Gasteiger partial charge in [0.1, 0.15) is 6.29 Å². The Morgan fingerprint density at radius 3 is 2.93 bits per heavy atom. The van der Waals surface area contributed by atoms with Crippen molar-refractivity contribution in [2.24, 2.45) is 0 Å². The minimum absolute atomic E-state index is 0.0689. The number of pyridine rings is 1. The van der Waals surface area contributed by atoms with E-state index >= 15 is 0 Å². The zero-order chi connectivity index (χ0) is 9.97. The van der Waals surface area contributed by atoms with E-state index in [2.05, 4.69) is 15.8 Å². The monoisotopic (exact) mass is 211 g/mol. The van der Waals surface area contributed by atoms with Crippen LogP contribution < -0.4 is 10.9 Å². The van der Waals surface area contributed by atoms with Gasteiger partial charge in [0, 0.05) is 12.4 Å². The Labute approximate surface area is 86.6 Å². The summed E-state index contributed by atoms with van der Waals surface area (Å²) in [5.41, 5.74) is 6.77. The van der Waals surface area contributed by atoms with E-state index in [1.54, 1.807) is 12.4 Å². The van der Waals surface area contributed by atoms with Crippen molar-refractivity contribution < 1.29 is 4.79 Å². The highest BCUT2D eigenvalue weighted by Gasteiger charge is 2.34. The molecule has 1 aliphatic rings. The maximum Gasteiger partial charge on any atom is 0.139 e. The highest BCUT2D eigenvalue weighted by Crippen LogP contribution is 2.25. The summed E-state index contributed by atoms with van der Waals surface area (Å²) in [6, 6.07) is 3.35. The smallest absolute Gasteiger partial charge is 0.139 e. The number of hydrogen-bond donors (Lipinski definition) is 2. The van der Waals surface area contributed by atoms with Crippen molar-refractivity contribution in [1.29, 1.82) is 0 Å². The van der Waals surface area contributed by atoms with Crippen molar-refractivity contribution in [2.45, 2.75) is 17.5 Å². The molecule has 1 aromatic rings. The van der Waals surface area contributed by atoms with Crippen LogP contribution in [-0.4, -0.2) is 22.7 Å². The van der Waals surface area contributed by atoms with Crippen molar-refractivity contribution >= 4 is 17.9 Å². The summed E-state index contributed by atoms with van der Waals surface area (Å²) in [5.74, 6) is 0. The van der Waals surface area contributed by atoms with Gasteiger partial charge in [0.15, 0.2) is 0 Å². The van der Waals surface area contributed by atoms with Gasteiger partial charge in [0.25, 0.3) is 0 Å².